The molecular weight excluding hydrogens is 270 g/mol. The molecule has 0 saturated heterocycles. The number of nitrogens with two attached hydrogens (primary N) is 1. The highest BCUT2D eigenvalue weighted by molar-refractivity contribution is 7.10. The van der Waals surface area contributed by atoms with E-state index in [-0.39, 0.29) is 18.4 Å². The zero-order chi connectivity index (χ0) is 12.3. The Morgan fingerprint density at radius 3 is 2.11 bits per heavy atom. The number of hydrogen-bond acceptors (Lipinski definition) is 4. The summed E-state index contributed by atoms with van der Waals surface area (Å²) in [5.74, 6) is 1.51. The van der Waals surface area contributed by atoms with E-state index in [4.69, 9.17) is 15.2 Å². The van der Waals surface area contributed by atoms with Crippen LogP contribution in [0.4, 0.5) is 0 Å². The van der Waals surface area contributed by atoms with Crippen LogP contribution >= 0.6 is 23.7 Å². The largest absolute Gasteiger partial charge is 0.496 e. The molecule has 0 aliphatic carbocycles. The highest BCUT2D eigenvalue weighted by Crippen LogP contribution is 2.37. The van der Waals surface area contributed by atoms with Gasteiger partial charge in [0.25, 0.3) is 0 Å². The monoisotopic (exact) mass is 285 g/mol. The minimum atomic E-state index is -0.221. The summed E-state index contributed by atoms with van der Waals surface area (Å²) in [6, 6.07) is 9.46. The second-order valence-corrected chi connectivity index (χ2v) is 4.55. The second kappa shape index (κ2) is 6.64. The molecule has 2 aromatic rings. The van der Waals surface area contributed by atoms with Crippen LogP contribution in [-0.2, 0) is 0 Å². The first kappa shape index (κ1) is 14.8. The van der Waals surface area contributed by atoms with Crippen molar-refractivity contribution in [3.05, 3.63) is 46.2 Å². The Balaban J connectivity index is 0.00000162. The van der Waals surface area contributed by atoms with Crippen LogP contribution in [0, 0.1) is 0 Å². The fourth-order valence-corrected chi connectivity index (χ4v) is 2.53. The molecule has 18 heavy (non-hydrogen) atoms. The highest BCUT2D eigenvalue weighted by atomic mass is 35.5. The average Bonchev–Trinajstić information content (AvgIpc) is 2.90. The van der Waals surface area contributed by atoms with Gasteiger partial charge in [-0.1, -0.05) is 12.1 Å². The summed E-state index contributed by atoms with van der Waals surface area (Å²) in [4.78, 5) is 1.09. The van der Waals surface area contributed by atoms with Crippen molar-refractivity contribution in [2.75, 3.05) is 14.2 Å². The molecule has 0 bridgehead atoms. The van der Waals surface area contributed by atoms with Gasteiger partial charge in [-0.25, -0.2) is 0 Å². The van der Waals surface area contributed by atoms with Crippen molar-refractivity contribution < 1.29 is 9.47 Å². The predicted molar refractivity (Wildman–Crippen MR) is 77.1 cm³/mol. The number of benzene rings is 1. The van der Waals surface area contributed by atoms with Gasteiger partial charge in [0.2, 0.25) is 0 Å². The number of hydrogen-bond donors (Lipinski definition) is 1. The summed E-state index contributed by atoms with van der Waals surface area (Å²) < 4.78 is 10.7. The van der Waals surface area contributed by atoms with E-state index >= 15 is 0 Å². The molecule has 5 heteroatoms. The SMILES string of the molecule is COc1cccc(OC)c1[C@H](N)c1cccs1.Cl. The van der Waals surface area contributed by atoms with Crippen molar-refractivity contribution in [1.29, 1.82) is 0 Å². The minimum Gasteiger partial charge on any atom is -0.496 e. The van der Waals surface area contributed by atoms with Gasteiger partial charge < -0.3 is 15.2 Å². The molecule has 1 aromatic heterocycles. The Kier molecular flexibility index (Phi) is 5.47. The number of halogens is 1. The van der Waals surface area contributed by atoms with Crippen LogP contribution < -0.4 is 15.2 Å². The normalized spacial score (nSPS) is 11.5. The Hall–Kier alpha value is -1.23. The van der Waals surface area contributed by atoms with Crippen LogP contribution in [0.5, 0.6) is 11.5 Å². The third-order valence-corrected chi connectivity index (χ3v) is 3.58. The van der Waals surface area contributed by atoms with Crippen LogP contribution in [0.15, 0.2) is 35.7 Å². The molecular formula is C13H16ClNO2S. The quantitative estimate of drug-likeness (QED) is 0.938. The van der Waals surface area contributed by atoms with Crippen LogP contribution in [-0.4, -0.2) is 14.2 Å². The van der Waals surface area contributed by atoms with Gasteiger partial charge in [-0.2, -0.15) is 0 Å². The predicted octanol–water partition coefficient (Wildman–Crippen LogP) is 3.24. The van der Waals surface area contributed by atoms with Crippen LogP contribution in [0.25, 0.3) is 0 Å². The second-order valence-electron chi connectivity index (χ2n) is 3.57. The molecule has 0 fully saturated rings. The molecule has 1 heterocycles. The lowest BCUT2D eigenvalue weighted by molar-refractivity contribution is 0.382. The van der Waals surface area contributed by atoms with Crippen LogP contribution in [0.2, 0.25) is 0 Å². The Bertz CT molecular complexity index is 465. The first-order valence-corrected chi connectivity index (χ1v) is 6.15. The zero-order valence-electron chi connectivity index (χ0n) is 10.3. The Morgan fingerprint density at radius 1 is 1.06 bits per heavy atom. The first-order chi connectivity index (χ1) is 8.27. The van der Waals surface area contributed by atoms with Crippen molar-refractivity contribution >= 4 is 23.7 Å². The molecule has 0 amide bonds. The van der Waals surface area contributed by atoms with Crippen LogP contribution in [0.3, 0.4) is 0 Å². The molecule has 2 N–H and O–H groups in total. The molecule has 0 spiro atoms. The van der Waals surface area contributed by atoms with E-state index in [0.29, 0.717) is 0 Å². The molecule has 1 aromatic carbocycles. The van der Waals surface area contributed by atoms with Gasteiger partial charge in [0, 0.05) is 4.88 Å². The summed E-state index contributed by atoms with van der Waals surface area (Å²) in [6.45, 7) is 0. The fourth-order valence-electron chi connectivity index (χ4n) is 1.80. The van der Waals surface area contributed by atoms with Crippen molar-refractivity contribution in [2.24, 2.45) is 5.73 Å². The topological polar surface area (TPSA) is 44.5 Å². The van der Waals surface area contributed by atoms with E-state index < -0.39 is 0 Å². The van der Waals surface area contributed by atoms with E-state index in [0.717, 1.165) is 21.9 Å². The highest BCUT2D eigenvalue weighted by Gasteiger charge is 2.19. The lowest BCUT2D eigenvalue weighted by Crippen LogP contribution is -2.13. The van der Waals surface area contributed by atoms with E-state index in [1.54, 1.807) is 25.6 Å². The first-order valence-electron chi connectivity index (χ1n) is 5.27. The van der Waals surface area contributed by atoms with Gasteiger partial charge in [0.05, 0.1) is 25.8 Å². The number of methoxy groups -OCH3 is 2. The standard InChI is InChI=1S/C13H15NO2S.ClH/c1-15-9-5-3-6-10(16-2)12(9)13(14)11-7-4-8-17-11;/h3-8,13H,14H2,1-2H3;1H/t13-;/m1./s1. The summed E-state index contributed by atoms with van der Waals surface area (Å²) in [5.41, 5.74) is 7.15. The molecule has 2 rings (SSSR count). The van der Waals surface area contributed by atoms with Crippen molar-refractivity contribution in [3.63, 3.8) is 0 Å². The van der Waals surface area contributed by atoms with Gasteiger partial charge in [-0.15, -0.1) is 23.7 Å². The maximum Gasteiger partial charge on any atom is 0.127 e. The Labute approximate surface area is 117 Å². The van der Waals surface area contributed by atoms with Gasteiger partial charge >= 0.3 is 0 Å². The third-order valence-electron chi connectivity index (χ3n) is 2.63. The van der Waals surface area contributed by atoms with Crippen molar-refractivity contribution in [2.45, 2.75) is 6.04 Å². The molecule has 3 nitrogen and oxygen atoms in total. The third kappa shape index (κ3) is 2.77. The van der Waals surface area contributed by atoms with Crippen molar-refractivity contribution in [3.8, 4) is 11.5 Å². The molecule has 1 atom stereocenters. The molecule has 98 valence electrons. The van der Waals surface area contributed by atoms with Gasteiger partial charge in [-0.05, 0) is 23.6 Å². The number of thiophene rings is 1. The summed E-state index contributed by atoms with van der Waals surface area (Å²) in [7, 11) is 3.28. The molecule has 0 aliphatic rings. The summed E-state index contributed by atoms with van der Waals surface area (Å²) in [5, 5.41) is 2.01. The summed E-state index contributed by atoms with van der Waals surface area (Å²) >= 11 is 1.63. The average molecular weight is 286 g/mol. The number of rotatable bonds is 4. The Morgan fingerprint density at radius 2 is 1.67 bits per heavy atom. The molecule has 0 unspecified atom stereocenters. The van der Waals surface area contributed by atoms with E-state index in [9.17, 15) is 0 Å². The van der Waals surface area contributed by atoms with E-state index in [1.807, 2.05) is 35.7 Å². The molecule has 0 saturated carbocycles. The maximum atomic E-state index is 6.26. The smallest absolute Gasteiger partial charge is 0.127 e. The zero-order valence-corrected chi connectivity index (χ0v) is 11.9. The van der Waals surface area contributed by atoms with Gasteiger partial charge in [0.15, 0.2) is 0 Å². The summed E-state index contributed by atoms with van der Waals surface area (Å²) in [6.07, 6.45) is 0. The lowest BCUT2D eigenvalue weighted by Gasteiger charge is -2.17. The fraction of sp³-hybridized carbons (Fsp3) is 0.231. The van der Waals surface area contributed by atoms with E-state index in [1.165, 1.54) is 0 Å². The molecule has 0 aliphatic heterocycles. The van der Waals surface area contributed by atoms with Gasteiger partial charge in [0.1, 0.15) is 11.5 Å². The van der Waals surface area contributed by atoms with E-state index in [2.05, 4.69) is 0 Å². The maximum absolute atomic E-state index is 6.26. The number of ether oxygens (including phenoxy) is 2. The minimum absolute atomic E-state index is 0. The van der Waals surface area contributed by atoms with Gasteiger partial charge in [-0.3, -0.25) is 0 Å². The lowest BCUT2D eigenvalue weighted by atomic mass is 10.0. The molecule has 0 radical (unpaired) electrons. The van der Waals surface area contributed by atoms with Crippen molar-refractivity contribution in [1.82, 2.24) is 0 Å². The van der Waals surface area contributed by atoms with Crippen LogP contribution in [0.1, 0.15) is 16.5 Å².